The highest BCUT2D eigenvalue weighted by atomic mass is 79.9. The van der Waals surface area contributed by atoms with Crippen LogP contribution in [-0.4, -0.2) is 7.11 Å². The van der Waals surface area contributed by atoms with E-state index in [4.69, 9.17) is 9.47 Å². The van der Waals surface area contributed by atoms with E-state index in [1.807, 2.05) is 60.7 Å². The fourth-order valence-electron chi connectivity index (χ4n) is 3.60. The smallest absolute Gasteiger partial charge is 0.260 e. The molecule has 0 radical (unpaired) electrons. The molecule has 1 heterocycles. The number of ether oxygens (including phenoxy) is 2. The van der Waals surface area contributed by atoms with Gasteiger partial charge in [0.15, 0.2) is 0 Å². The fourth-order valence-corrected chi connectivity index (χ4v) is 3.86. The molecule has 28 heavy (non-hydrogen) atoms. The van der Waals surface area contributed by atoms with Crippen LogP contribution in [0.2, 0.25) is 0 Å². The van der Waals surface area contributed by atoms with Crippen molar-refractivity contribution in [3.8, 4) is 0 Å². The van der Waals surface area contributed by atoms with Crippen LogP contribution in [0.3, 0.4) is 0 Å². The van der Waals surface area contributed by atoms with Crippen LogP contribution in [0.15, 0.2) is 101 Å². The number of allylic oxidation sites excluding steroid dienone is 2. The highest BCUT2D eigenvalue weighted by molar-refractivity contribution is 9.10. The van der Waals surface area contributed by atoms with Crippen molar-refractivity contribution in [2.24, 2.45) is 0 Å². The summed E-state index contributed by atoms with van der Waals surface area (Å²) in [6.07, 6.45) is 2.11. The summed E-state index contributed by atoms with van der Waals surface area (Å²) < 4.78 is 13.7. The van der Waals surface area contributed by atoms with Crippen molar-refractivity contribution in [1.82, 2.24) is 0 Å². The lowest BCUT2D eigenvalue weighted by Crippen LogP contribution is -2.35. The molecule has 0 saturated heterocycles. The molecule has 1 atom stereocenters. The molecule has 1 aliphatic heterocycles. The van der Waals surface area contributed by atoms with E-state index in [0.717, 1.165) is 38.1 Å². The number of hydrogen-bond acceptors (Lipinski definition) is 2. The Balaban J connectivity index is 1.94. The largest absolute Gasteiger partial charge is 0.453 e. The van der Waals surface area contributed by atoms with Crippen LogP contribution in [-0.2, 0) is 15.3 Å². The summed E-state index contributed by atoms with van der Waals surface area (Å²) in [5.74, 6) is -0.202. The monoisotopic (exact) mass is 432 g/mol. The van der Waals surface area contributed by atoms with Crippen LogP contribution in [0.1, 0.15) is 23.6 Å². The zero-order chi connectivity index (χ0) is 19.6. The van der Waals surface area contributed by atoms with Crippen LogP contribution in [0, 0.1) is 0 Å². The minimum atomic E-state index is -0.983. The number of hydrogen-bond donors (Lipinski definition) is 0. The Morgan fingerprint density at radius 1 is 0.786 bits per heavy atom. The van der Waals surface area contributed by atoms with Gasteiger partial charge < -0.3 is 9.47 Å². The Kier molecular flexibility index (Phi) is 5.21. The first kappa shape index (κ1) is 18.7. The maximum absolute atomic E-state index is 6.56. The maximum atomic E-state index is 6.56. The van der Waals surface area contributed by atoms with Crippen molar-refractivity contribution < 1.29 is 9.47 Å². The molecule has 2 nitrogen and oxygen atoms in total. The maximum Gasteiger partial charge on any atom is 0.260 e. The lowest BCUT2D eigenvalue weighted by atomic mass is 9.87. The van der Waals surface area contributed by atoms with Gasteiger partial charge in [0.25, 0.3) is 5.79 Å². The second-order valence-electron chi connectivity index (χ2n) is 6.71. The van der Waals surface area contributed by atoms with Crippen LogP contribution in [0.5, 0.6) is 0 Å². The van der Waals surface area contributed by atoms with E-state index in [1.165, 1.54) is 0 Å². The predicted octanol–water partition coefficient (Wildman–Crippen LogP) is 6.79. The summed E-state index contributed by atoms with van der Waals surface area (Å²) in [5.41, 5.74) is 5.23. The summed E-state index contributed by atoms with van der Waals surface area (Å²) in [6, 6.07) is 28.6. The Labute approximate surface area is 174 Å². The average molecular weight is 433 g/mol. The summed E-state index contributed by atoms with van der Waals surface area (Å²) >= 11 is 3.51. The molecule has 4 rings (SSSR count). The molecule has 0 fully saturated rings. The SMILES string of the molecule is COC1(c2ccccc2)OC(c2ccc(Br)cc2)=CC(c2ccccc2)=C1C. The molecule has 3 aromatic rings. The van der Waals surface area contributed by atoms with Gasteiger partial charge in [0.1, 0.15) is 5.76 Å². The first-order valence-electron chi connectivity index (χ1n) is 9.18. The van der Waals surface area contributed by atoms with Crippen LogP contribution < -0.4 is 0 Å². The van der Waals surface area contributed by atoms with Gasteiger partial charge in [-0.3, -0.25) is 0 Å². The lowest BCUT2D eigenvalue weighted by Gasteiger charge is -2.39. The summed E-state index contributed by atoms with van der Waals surface area (Å²) in [4.78, 5) is 0. The zero-order valence-corrected chi connectivity index (χ0v) is 17.4. The molecule has 1 unspecified atom stereocenters. The third-order valence-electron chi connectivity index (χ3n) is 5.08. The van der Waals surface area contributed by atoms with E-state index in [9.17, 15) is 0 Å². The van der Waals surface area contributed by atoms with Gasteiger partial charge in [0.2, 0.25) is 0 Å². The standard InChI is InChI=1S/C25H21BrO2/c1-18-23(19-9-5-3-6-10-19)17-24(20-13-15-22(26)16-14-20)28-25(18,27-2)21-11-7-4-8-12-21/h3-17H,1-2H3. The molecule has 3 heteroatoms. The second-order valence-corrected chi connectivity index (χ2v) is 7.62. The van der Waals surface area contributed by atoms with Gasteiger partial charge in [-0.2, -0.15) is 0 Å². The number of halogens is 1. The van der Waals surface area contributed by atoms with Gasteiger partial charge in [-0.15, -0.1) is 0 Å². The van der Waals surface area contributed by atoms with Crippen molar-refractivity contribution >= 4 is 27.3 Å². The van der Waals surface area contributed by atoms with E-state index in [2.05, 4.69) is 53.2 Å². The normalized spacial score (nSPS) is 19.2. The van der Waals surface area contributed by atoms with E-state index in [-0.39, 0.29) is 0 Å². The number of benzene rings is 3. The Hall–Kier alpha value is -2.62. The van der Waals surface area contributed by atoms with Gasteiger partial charge in [0.05, 0.1) is 0 Å². The molecule has 0 aromatic heterocycles. The Morgan fingerprint density at radius 2 is 1.39 bits per heavy atom. The predicted molar refractivity (Wildman–Crippen MR) is 117 cm³/mol. The molecule has 1 aliphatic rings. The molecule has 0 N–H and O–H groups in total. The van der Waals surface area contributed by atoms with Gasteiger partial charge in [-0.05, 0) is 36.3 Å². The average Bonchev–Trinajstić information content (AvgIpc) is 2.76. The van der Waals surface area contributed by atoms with Crippen molar-refractivity contribution in [2.75, 3.05) is 7.11 Å². The van der Waals surface area contributed by atoms with Gasteiger partial charge in [0, 0.05) is 28.3 Å². The molecule has 0 spiro atoms. The van der Waals surface area contributed by atoms with Gasteiger partial charge >= 0.3 is 0 Å². The molecular weight excluding hydrogens is 412 g/mol. The first-order chi connectivity index (χ1) is 13.6. The van der Waals surface area contributed by atoms with Crippen molar-refractivity contribution in [1.29, 1.82) is 0 Å². The van der Waals surface area contributed by atoms with E-state index < -0.39 is 5.79 Å². The summed E-state index contributed by atoms with van der Waals surface area (Å²) in [5, 5.41) is 0. The van der Waals surface area contributed by atoms with Crippen molar-refractivity contribution in [3.05, 3.63) is 118 Å². The fraction of sp³-hybridized carbons (Fsp3) is 0.120. The highest BCUT2D eigenvalue weighted by Crippen LogP contribution is 2.46. The Morgan fingerprint density at radius 3 is 2.00 bits per heavy atom. The summed E-state index contributed by atoms with van der Waals surface area (Å²) in [7, 11) is 1.70. The second kappa shape index (κ2) is 7.78. The number of rotatable bonds is 4. The molecule has 140 valence electrons. The van der Waals surface area contributed by atoms with E-state index >= 15 is 0 Å². The molecule has 0 saturated carbocycles. The first-order valence-corrected chi connectivity index (χ1v) is 9.97. The van der Waals surface area contributed by atoms with E-state index in [0.29, 0.717) is 0 Å². The molecule has 0 amide bonds. The third-order valence-corrected chi connectivity index (χ3v) is 5.61. The van der Waals surface area contributed by atoms with Crippen molar-refractivity contribution in [2.45, 2.75) is 12.7 Å². The quantitative estimate of drug-likeness (QED) is 0.451. The lowest BCUT2D eigenvalue weighted by molar-refractivity contribution is -0.160. The van der Waals surface area contributed by atoms with Crippen LogP contribution in [0.25, 0.3) is 11.3 Å². The molecule has 3 aromatic carbocycles. The van der Waals surface area contributed by atoms with Crippen LogP contribution >= 0.6 is 15.9 Å². The third kappa shape index (κ3) is 3.32. The topological polar surface area (TPSA) is 18.5 Å². The molecule has 0 aliphatic carbocycles. The minimum absolute atomic E-state index is 0.780. The number of methoxy groups -OCH3 is 1. The van der Waals surface area contributed by atoms with Crippen LogP contribution in [0.4, 0.5) is 0 Å². The van der Waals surface area contributed by atoms with Gasteiger partial charge in [-0.25, -0.2) is 0 Å². The molecular formula is C25H21BrO2. The van der Waals surface area contributed by atoms with E-state index in [1.54, 1.807) is 7.11 Å². The Bertz CT molecular complexity index is 1020. The molecule has 0 bridgehead atoms. The zero-order valence-electron chi connectivity index (χ0n) is 15.9. The van der Waals surface area contributed by atoms with Gasteiger partial charge in [-0.1, -0.05) is 88.7 Å². The summed E-state index contributed by atoms with van der Waals surface area (Å²) in [6.45, 7) is 2.08. The highest BCUT2D eigenvalue weighted by Gasteiger charge is 2.42. The minimum Gasteiger partial charge on any atom is -0.453 e. The van der Waals surface area contributed by atoms with Crippen molar-refractivity contribution in [3.63, 3.8) is 0 Å².